The summed E-state index contributed by atoms with van der Waals surface area (Å²) in [5, 5.41) is 0. The summed E-state index contributed by atoms with van der Waals surface area (Å²) in [7, 11) is 3.52. The summed E-state index contributed by atoms with van der Waals surface area (Å²) in [4.78, 5) is 0. The highest BCUT2D eigenvalue weighted by atomic mass is 16.5. The van der Waals surface area contributed by atoms with Crippen LogP contribution in [0, 0.1) is 5.92 Å². The smallest absolute Gasteiger partial charge is 0.0636 e. The molecule has 0 radical (unpaired) electrons. The standard InChI is InChI=1S/C9H19NO2/c1-11-8-4-3-7(6-10)9(5-8)12-2/h7-9H,3-6,10H2,1-2H3. The van der Waals surface area contributed by atoms with E-state index in [1.54, 1.807) is 14.2 Å². The van der Waals surface area contributed by atoms with Gasteiger partial charge in [-0.2, -0.15) is 0 Å². The largest absolute Gasteiger partial charge is 0.381 e. The summed E-state index contributed by atoms with van der Waals surface area (Å²) in [6.45, 7) is 0.731. The Kier molecular flexibility index (Phi) is 3.98. The molecule has 12 heavy (non-hydrogen) atoms. The maximum atomic E-state index is 5.64. The lowest BCUT2D eigenvalue weighted by molar-refractivity contribution is -0.0385. The lowest BCUT2D eigenvalue weighted by Gasteiger charge is -2.33. The Bertz CT molecular complexity index is 130. The second kappa shape index (κ2) is 4.80. The van der Waals surface area contributed by atoms with E-state index in [2.05, 4.69) is 0 Å². The van der Waals surface area contributed by atoms with Crippen LogP contribution in [-0.2, 0) is 9.47 Å². The van der Waals surface area contributed by atoms with Crippen molar-refractivity contribution in [1.29, 1.82) is 0 Å². The van der Waals surface area contributed by atoms with Crippen molar-refractivity contribution in [3.63, 3.8) is 0 Å². The molecule has 1 aliphatic rings. The Labute approximate surface area is 74.2 Å². The number of nitrogens with two attached hydrogens (primary N) is 1. The molecule has 0 saturated heterocycles. The fourth-order valence-corrected chi connectivity index (χ4v) is 1.93. The summed E-state index contributed by atoms with van der Waals surface area (Å²) in [6, 6.07) is 0. The van der Waals surface area contributed by atoms with Crippen molar-refractivity contribution in [3.8, 4) is 0 Å². The molecule has 1 aliphatic carbocycles. The van der Waals surface area contributed by atoms with Gasteiger partial charge in [0, 0.05) is 20.6 Å². The average Bonchev–Trinajstić information content (AvgIpc) is 2.16. The van der Waals surface area contributed by atoms with Gasteiger partial charge >= 0.3 is 0 Å². The lowest BCUT2D eigenvalue weighted by Crippen LogP contribution is -2.38. The SMILES string of the molecule is COC1CCC(CN)C(OC)C1. The van der Waals surface area contributed by atoms with E-state index in [0.717, 1.165) is 25.8 Å². The molecule has 1 saturated carbocycles. The topological polar surface area (TPSA) is 44.5 Å². The second-order valence-corrected chi connectivity index (χ2v) is 3.44. The van der Waals surface area contributed by atoms with Crippen LogP contribution < -0.4 is 5.73 Å². The molecule has 0 aromatic rings. The van der Waals surface area contributed by atoms with E-state index in [4.69, 9.17) is 15.2 Å². The summed E-state index contributed by atoms with van der Waals surface area (Å²) in [5.41, 5.74) is 5.64. The monoisotopic (exact) mass is 173 g/mol. The van der Waals surface area contributed by atoms with E-state index in [-0.39, 0.29) is 0 Å². The molecule has 3 unspecified atom stereocenters. The number of ether oxygens (including phenoxy) is 2. The average molecular weight is 173 g/mol. The highest BCUT2D eigenvalue weighted by Crippen LogP contribution is 2.27. The Hall–Kier alpha value is -0.120. The summed E-state index contributed by atoms with van der Waals surface area (Å²) < 4.78 is 10.7. The first-order valence-electron chi connectivity index (χ1n) is 4.57. The third kappa shape index (κ3) is 2.19. The van der Waals surface area contributed by atoms with Crippen molar-refractivity contribution in [2.75, 3.05) is 20.8 Å². The Morgan fingerprint density at radius 1 is 1.25 bits per heavy atom. The van der Waals surface area contributed by atoms with Gasteiger partial charge < -0.3 is 15.2 Å². The zero-order valence-electron chi connectivity index (χ0n) is 7.95. The van der Waals surface area contributed by atoms with Crippen LogP contribution in [-0.4, -0.2) is 33.0 Å². The van der Waals surface area contributed by atoms with Gasteiger partial charge in [0.15, 0.2) is 0 Å². The predicted molar refractivity (Wildman–Crippen MR) is 48.0 cm³/mol. The lowest BCUT2D eigenvalue weighted by atomic mass is 9.85. The van der Waals surface area contributed by atoms with E-state index < -0.39 is 0 Å². The Morgan fingerprint density at radius 3 is 2.50 bits per heavy atom. The van der Waals surface area contributed by atoms with Crippen LogP contribution in [0.1, 0.15) is 19.3 Å². The van der Waals surface area contributed by atoms with Crippen LogP contribution in [0.3, 0.4) is 0 Å². The van der Waals surface area contributed by atoms with Gasteiger partial charge in [0.25, 0.3) is 0 Å². The number of hydrogen-bond donors (Lipinski definition) is 1. The minimum Gasteiger partial charge on any atom is -0.381 e. The molecule has 0 aromatic heterocycles. The van der Waals surface area contributed by atoms with Crippen molar-refractivity contribution in [2.24, 2.45) is 11.7 Å². The number of methoxy groups -OCH3 is 2. The van der Waals surface area contributed by atoms with Gasteiger partial charge in [-0.05, 0) is 25.3 Å². The first kappa shape index (κ1) is 9.96. The molecule has 0 bridgehead atoms. The van der Waals surface area contributed by atoms with Crippen LogP contribution in [0.15, 0.2) is 0 Å². The van der Waals surface area contributed by atoms with Crippen LogP contribution in [0.2, 0.25) is 0 Å². The maximum Gasteiger partial charge on any atom is 0.0636 e. The van der Waals surface area contributed by atoms with E-state index in [9.17, 15) is 0 Å². The molecule has 72 valence electrons. The van der Waals surface area contributed by atoms with Gasteiger partial charge in [0.05, 0.1) is 12.2 Å². The quantitative estimate of drug-likeness (QED) is 0.685. The van der Waals surface area contributed by atoms with Gasteiger partial charge in [-0.3, -0.25) is 0 Å². The Morgan fingerprint density at radius 2 is 2.00 bits per heavy atom. The highest BCUT2D eigenvalue weighted by molar-refractivity contribution is 4.81. The predicted octanol–water partition coefficient (Wildman–Crippen LogP) is 0.775. The maximum absolute atomic E-state index is 5.64. The number of rotatable bonds is 3. The van der Waals surface area contributed by atoms with Crippen LogP contribution >= 0.6 is 0 Å². The van der Waals surface area contributed by atoms with Crippen LogP contribution in [0.25, 0.3) is 0 Å². The molecule has 2 N–H and O–H groups in total. The van der Waals surface area contributed by atoms with Gasteiger partial charge in [-0.1, -0.05) is 0 Å². The molecule has 3 nitrogen and oxygen atoms in total. The van der Waals surface area contributed by atoms with Crippen molar-refractivity contribution in [2.45, 2.75) is 31.5 Å². The molecule has 0 aliphatic heterocycles. The van der Waals surface area contributed by atoms with E-state index in [1.807, 2.05) is 0 Å². The molecule has 0 heterocycles. The summed E-state index contributed by atoms with van der Waals surface area (Å²) >= 11 is 0. The highest BCUT2D eigenvalue weighted by Gasteiger charge is 2.29. The van der Waals surface area contributed by atoms with Crippen molar-refractivity contribution >= 4 is 0 Å². The summed E-state index contributed by atoms with van der Waals surface area (Å²) in [5.74, 6) is 0.529. The molecule has 0 spiro atoms. The van der Waals surface area contributed by atoms with Crippen molar-refractivity contribution < 1.29 is 9.47 Å². The molecule has 3 heteroatoms. The van der Waals surface area contributed by atoms with Crippen molar-refractivity contribution in [3.05, 3.63) is 0 Å². The zero-order chi connectivity index (χ0) is 8.97. The fourth-order valence-electron chi connectivity index (χ4n) is 1.93. The first-order valence-corrected chi connectivity index (χ1v) is 4.57. The zero-order valence-corrected chi connectivity index (χ0v) is 7.95. The van der Waals surface area contributed by atoms with E-state index in [1.165, 1.54) is 0 Å². The minimum absolute atomic E-state index is 0.300. The van der Waals surface area contributed by atoms with Crippen LogP contribution in [0.4, 0.5) is 0 Å². The third-order valence-corrected chi connectivity index (χ3v) is 2.82. The van der Waals surface area contributed by atoms with E-state index in [0.29, 0.717) is 18.1 Å². The number of hydrogen-bond acceptors (Lipinski definition) is 3. The molecule has 0 amide bonds. The van der Waals surface area contributed by atoms with Gasteiger partial charge in [0.2, 0.25) is 0 Å². The minimum atomic E-state index is 0.300. The molecule has 3 atom stereocenters. The molecule has 1 fully saturated rings. The molecule has 0 aromatic carbocycles. The first-order chi connectivity index (χ1) is 5.81. The normalized spacial score (nSPS) is 36.8. The summed E-state index contributed by atoms with van der Waals surface area (Å²) in [6.07, 6.45) is 3.92. The van der Waals surface area contributed by atoms with E-state index >= 15 is 0 Å². The Balaban J connectivity index is 2.41. The molecular formula is C9H19NO2. The van der Waals surface area contributed by atoms with Gasteiger partial charge in [-0.25, -0.2) is 0 Å². The van der Waals surface area contributed by atoms with Gasteiger partial charge in [0.1, 0.15) is 0 Å². The van der Waals surface area contributed by atoms with Crippen LogP contribution in [0.5, 0.6) is 0 Å². The van der Waals surface area contributed by atoms with Gasteiger partial charge in [-0.15, -0.1) is 0 Å². The molecular weight excluding hydrogens is 154 g/mol. The third-order valence-electron chi connectivity index (χ3n) is 2.82. The fraction of sp³-hybridized carbons (Fsp3) is 1.00. The molecule has 1 rings (SSSR count). The second-order valence-electron chi connectivity index (χ2n) is 3.44. The van der Waals surface area contributed by atoms with Crippen molar-refractivity contribution in [1.82, 2.24) is 0 Å².